The summed E-state index contributed by atoms with van der Waals surface area (Å²) in [5.41, 5.74) is 3.86. The molecule has 2 heterocycles. The van der Waals surface area contributed by atoms with Gasteiger partial charge >= 0.3 is 0 Å². The molecule has 7 heteroatoms. The molecule has 0 spiro atoms. The van der Waals surface area contributed by atoms with Gasteiger partial charge in [0.05, 0.1) is 19.3 Å². The summed E-state index contributed by atoms with van der Waals surface area (Å²) in [7, 11) is 0. The molecule has 2 aliphatic rings. The third-order valence-electron chi connectivity index (χ3n) is 5.99. The number of carbonyl (C=O) groups excluding carboxylic acids is 1. The molecule has 1 fully saturated rings. The summed E-state index contributed by atoms with van der Waals surface area (Å²) in [5, 5.41) is 13.1. The van der Waals surface area contributed by atoms with E-state index in [0.29, 0.717) is 12.3 Å². The minimum Gasteiger partial charge on any atom is -0.484 e. The molecule has 1 atom stereocenters. The lowest BCUT2D eigenvalue weighted by molar-refractivity contribution is -0.123. The third kappa shape index (κ3) is 6.77. The number of hydrogen-bond donors (Lipinski definition) is 2. The standard InChI is InChI=1S/C25H33N3O4/c29-23(18-28-9-8-21-5-1-2-6-22(21)17-28)15-26-25(30)19-32-24-7-3-4-20(14-24)16-27-10-12-31-13-11-27/h1-7,14,23,29H,8-13,15-19H2,(H,26,30). The molecular formula is C25H33N3O4. The van der Waals surface area contributed by atoms with E-state index >= 15 is 0 Å². The number of amides is 1. The van der Waals surface area contributed by atoms with Crippen molar-refractivity contribution in [2.45, 2.75) is 25.6 Å². The van der Waals surface area contributed by atoms with E-state index in [2.05, 4.69) is 45.4 Å². The van der Waals surface area contributed by atoms with Gasteiger partial charge in [-0.1, -0.05) is 36.4 Å². The Balaban J connectivity index is 1.16. The number of β-amino-alcohol motifs (C(OH)–C–C–N with tert-alkyl or cyclic N) is 1. The third-order valence-corrected chi connectivity index (χ3v) is 5.99. The van der Waals surface area contributed by atoms with Crippen molar-refractivity contribution in [3.05, 3.63) is 65.2 Å². The van der Waals surface area contributed by atoms with Crippen LogP contribution in [-0.2, 0) is 29.0 Å². The number of nitrogens with one attached hydrogen (secondary N) is 1. The van der Waals surface area contributed by atoms with E-state index in [0.717, 1.165) is 57.9 Å². The van der Waals surface area contributed by atoms with Gasteiger partial charge in [0.1, 0.15) is 5.75 Å². The zero-order valence-electron chi connectivity index (χ0n) is 18.5. The Kier molecular flexibility index (Phi) is 8.12. The Hall–Kier alpha value is -2.45. The van der Waals surface area contributed by atoms with Crippen LogP contribution in [0, 0.1) is 0 Å². The maximum absolute atomic E-state index is 12.2. The fourth-order valence-electron chi connectivity index (χ4n) is 4.26. The molecule has 2 aromatic rings. The second-order valence-electron chi connectivity index (χ2n) is 8.54. The number of nitrogens with zero attached hydrogens (tertiary/aromatic N) is 2. The van der Waals surface area contributed by atoms with Crippen LogP contribution in [0.5, 0.6) is 5.75 Å². The van der Waals surface area contributed by atoms with Gasteiger partial charge in [-0.15, -0.1) is 0 Å². The number of morpholine rings is 1. The van der Waals surface area contributed by atoms with Crippen LogP contribution in [0.4, 0.5) is 0 Å². The lowest BCUT2D eigenvalue weighted by atomic mass is 10.00. The second-order valence-corrected chi connectivity index (χ2v) is 8.54. The van der Waals surface area contributed by atoms with Gasteiger partial charge in [0, 0.05) is 45.8 Å². The summed E-state index contributed by atoms with van der Waals surface area (Å²) in [5.74, 6) is 0.449. The fourth-order valence-corrected chi connectivity index (χ4v) is 4.26. The van der Waals surface area contributed by atoms with Gasteiger partial charge in [-0.25, -0.2) is 0 Å². The average molecular weight is 440 g/mol. The first kappa shape index (κ1) is 22.7. The van der Waals surface area contributed by atoms with Crippen LogP contribution in [0.3, 0.4) is 0 Å². The molecule has 1 amide bonds. The number of fused-ring (bicyclic) bond motifs is 1. The molecule has 0 radical (unpaired) electrons. The quantitative estimate of drug-likeness (QED) is 0.616. The zero-order chi connectivity index (χ0) is 22.2. The van der Waals surface area contributed by atoms with Gasteiger partial charge in [0.2, 0.25) is 0 Å². The Bertz CT molecular complexity index is 885. The zero-order valence-corrected chi connectivity index (χ0v) is 18.5. The molecular weight excluding hydrogens is 406 g/mol. The molecule has 1 saturated heterocycles. The predicted octanol–water partition coefficient (Wildman–Crippen LogP) is 1.43. The molecule has 2 aromatic carbocycles. The van der Waals surface area contributed by atoms with Crippen molar-refractivity contribution in [2.75, 3.05) is 52.5 Å². The maximum atomic E-state index is 12.2. The van der Waals surface area contributed by atoms with Crippen molar-refractivity contribution in [1.29, 1.82) is 0 Å². The van der Waals surface area contributed by atoms with Crippen LogP contribution in [0.1, 0.15) is 16.7 Å². The van der Waals surface area contributed by atoms with Crippen LogP contribution >= 0.6 is 0 Å². The lowest BCUT2D eigenvalue weighted by Gasteiger charge is -2.30. The molecule has 0 aliphatic carbocycles. The van der Waals surface area contributed by atoms with Crippen molar-refractivity contribution in [3.8, 4) is 5.75 Å². The number of benzene rings is 2. The molecule has 2 aliphatic heterocycles. The van der Waals surface area contributed by atoms with Gasteiger partial charge in [-0.05, 0) is 35.2 Å². The van der Waals surface area contributed by atoms with Crippen molar-refractivity contribution in [3.63, 3.8) is 0 Å². The Labute approximate surface area is 189 Å². The second kappa shape index (κ2) is 11.4. The number of aliphatic hydroxyl groups excluding tert-OH is 1. The van der Waals surface area contributed by atoms with Crippen LogP contribution < -0.4 is 10.1 Å². The Morgan fingerprint density at radius 3 is 2.72 bits per heavy atom. The number of hydrogen-bond acceptors (Lipinski definition) is 6. The number of carbonyl (C=O) groups is 1. The van der Waals surface area contributed by atoms with E-state index in [1.807, 2.05) is 18.2 Å². The monoisotopic (exact) mass is 439 g/mol. The highest BCUT2D eigenvalue weighted by Crippen LogP contribution is 2.18. The minimum absolute atomic E-state index is 0.0647. The molecule has 4 rings (SSSR count). The van der Waals surface area contributed by atoms with Crippen LogP contribution in [-0.4, -0.2) is 79.5 Å². The smallest absolute Gasteiger partial charge is 0.258 e. The summed E-state index contributed by atoms with van der Waals surface area (Å²) < 4.78 is 11.1. The topological polar surface area (TPSA) is 74.3 Å². The van der Waals surface area contributed by atoms with E-state index in [1.54, 1.807) is 0 Å². The van der Waals surface area contributed by atoms with Crippen molar-refractivity contribution >= 4 is 5.91 Å². The summed E-state index contributed by atoms with van der Waals surface area (Å²) >= 11 is 0. The largest absolute Gasteiger partial charge is 0.484 e. The molecule has 1 unspecified atom stereocenters. The van der Waals surface area contributed by atoms with Crippen LogP contribution in [0.2, 0.25) is 0 Å². The molecule has 172 valence electrons. The Morgan fingerprint density at radius 1 is 1.06 bits per heavy atom. The van der Waals surface area contributed by atoms with Crippen molar-refractivity contribution in [1.82, 2.24) is 15.1 Å². The summed E-state index contributed by atoms with van der Waals surface area (Å²) in [4.78, 5) is 16.8. The highest BCUT2D eigenvalue weighted by molar-refractivity contribution is 5.77. The Morgan fingerprint density at radius 2 is 1.88 bits per heavy atom. The first-order valence-corrected chi connectivity index (χ1v) is 11.4. The van der Waals surface area contributed by atoms with Crippen LogP contribution in [0.25, 0.3) is 0 Å². The molecule has 0 aromatic heterocycles. The number of aliphatic hydroxyl groups is 1. The predicted molar refractivity (Wildman–Crippen MR) is 122 cm³/mol. The molecule has 0 bridgehead atoms. The number of ether oxygens (including phenoxy) is 2. The SMILES string of the molecule is O=C(COc1cccc(CN2CCOCC2)c1)NCC(O)CN1CCc2ccccc2C1. The summed E-state index contributed by atoms with van der Waals surface area (Å²) in [6.45, 7) is 6.71. The maximum Gasteiger partial charge on any atom is 0.258 e. The summed E-state index contributed by atoms with van der Waals surface area (Å²) in [6.07, 6.45) is 0.384. The molecule has 7 nitrogen and oxygen atoms in total. The van der Waals surface area contributed by atoms with Crippen molar-refractivity contribution in [2.24, 2.45) is 0 Å². The van der Waals surface area contributed by atoms with Crippen LogP contribution in [0.15, 0.2) is 48.5 Å². The van der Waals surface area contributed by atoms with Crippen molar-refractivity contribution < 1.29 is 19.4 Å². The molecule has 32 heavy (non-hydrogen) atoms. The average Bonchev–Trinajstić information content (AvgIpc) is 2.82. The lowest BCUT2D eigenvalue weighted by Crippen LogP contribution is -2.42. The van der Waals surface area contributed by atoms with Gasteiger partial charge in [-0.2, -0.15) is 0 Å². The molecule has 0 saturated carbocycles. The first-order chi connectivity index (χ1) is 15.7. The van der Waals surface area contributed by atoms with E-state index in [-0.39, 0.29) is 19.1 Å². The van der Waals surface area contributed by atoms with E-state index in [9.17, 15) is 9.90 Å². The number of rotatable bonds is 9. The van der Waals surface area contributed by atoms with Gasteiger partial charge in [0.25, 0.3) is 5.91 Å². The van der Waals surface area contributed by atoms with Gasteiger partial charge < -0.3 is 19.9 Å². The normalized spacial score (nSPS) is 18.0. The summed E-state index contributed by atoms with van der Waals surface area (Å²) in [6, 6.07) is 16.3. The van der Waals surface area contributed by atoms with E-state index < -0.39 is 6.10 Å². The van der Waals surface area contributed by atoms with E-state index in [4.69, 9.17) is 9.47 Å². The van der Waals surface area contributed by atoms with Gasteiger partial charge in [0.15, 0.2) is 6.61 Å². The van der Waals surface area contributed by atoms with Gasteiger partial charge in [-0.3, -0.25) is 14.6 Å². The molecule has 2 N–H and O–H groups in total. The highest BCUT2D eigenvalue weighted by atomic mass is 16.5. The fraction of sp³-hybridized carbons (Fsp3) is 0.480. The first-order valence-electron chi connectivity index (χ1n) is 11.4. The van der Waals surface area contributed by atoms with E-state index in [1.165, 1.54) is 11.1 Å². The minimum atomic E-state index is -0.610. The highest BCUT2D eigenvalue weighted by Gasteiger charge is 2.19.